The molecule has 1 aliphatic carbocycles. The van der Waals surface area contributed by atoms with Gasteiger partial charge in [-0.1, -0.05) is 185 Å². The molecule has 0 fully saturated rings. The van der Waals surface area contributed by atoms with Crippen molar-refractivity contribution in [1.82, 2.24) is 0 Å². The van der Waals surface area contributed by atoms with Gasteiger partial charge in [0.1, 0.15) is 0 Å². The Balaban J connectivity index is 0.952. The predicted octanol–water partition coefficient (Wildman–Crippen LogP) is 18.9. The average molecular weight is 885 g/mol. The number of nitrogens with zero attached hydrogens (tertiary/aromatic N) is 2. The second-order valence-electron chi connectivity index (χ2n) is 18.3. The summed E-state index contributed by atoms with van der Waals surface area (Å²) in [6.45, 7) is 12.7. The van der Waals surface area contributed by atoms with Gasteiger partial charge in [0.05, 0.1) is 0 Å². The summed E-state index contributed by atoms with van der Waals surface area (Å²) in [5, 5.41) is 0. The standard InChI is InChI=1S/C67H52N2/c1-5-47-19-13-21-49(39-47)51-23-15-25-53(41-51)55-27-17-33-59(43-55)68(57-29-9-7-10-30-57)61-35-37-63-64-38-36-62(46-66(64)67(3,4)65(63)45-61)69(58-31-11-8-12-32-58)60-34-18-28-56(44-60)54-26-16-24-52(42-54)50-22-14-20-48(6-2)40-50/h5-46H,1-2H2,3-4H3. The van der Waals surface area contributed by atoms with E-state index in [1.165, 1.54) is 55.6 Å². The summed E-state index contributed by atoms with van der Waals surface area (Å²) >= 11 is 0. The molecule has 0 spiro atoms. The smallest absolute Gasteiger partial charge is 0.0467 e. The van der Waals surface area contributed by atoms with Crippen molar-refractivity contribution >= 4 is 46.3 Å². The fourth-order valence-corrected chi connectivity index (χ4v) is 10.1. The topological polar surface area (TPSA) is 6.48 Å². The Hall–Kier alpha value is -8.72. The molecule has 2 heteroatoms. The highest BCUT2D eigenvalue weighted by molar-refractivity contribution is 5.90. The van der Waals surface area contributed by atoms with Crippen molar-refractivity contribution in [2.24, 2.45) is 0 Å². The van der Waals surface area contributed by atoms with Crippen LogP contribution in [0.25, 0.3) is 67.8 Å². The Labute approximate surface area is 407 Å². The van der Waals surface area contributed by atoms with E-state index in [0.717, 1.165) is 56.4 Å². The fraction of sp³-hybridized carbons (Fsp3) is 0.0448. The molecule has 0 amide bonds. The van der Waals surface area contributed by atoms with Crippen LogP contribution in [0.3, 0.4) is 0 Å². The summed E-state index contributed by atoms with van der Waals surface area (Å²) in [5.74, 6) is 0. The summed E-state index contributed by atoms with van der Waals surface area (Å²) in [6, 6.07) is 88.1. The van der Waals surface area contributed by atoms with Crippen molar-refractivity contribution in [1.29, 1.82) is 0 Å². The summed E-state index contributed by atoms with van der Waals surface area (Å²) in [5.41, 5.74) is 23.1. The quantitative estimate of drug-likeness (QED) is 0.121. The summed E-state index contributed by atoms with van der Waals surface area (Å²) in [6.07, 6.45) is 3.80. The number of hydrogen-bond donors (Lipinski definition) is 0. The van der Waals surface area contributed by atoms with Crippen LogP contribution in [0.15, 0.2) is 256 Å². The van der Waals surface area contributed by atoms with Crippen LogP contribution in [-0.2, 0) is 5.41 Å². The van der Waals surface area contributed by atoms with Crippen LogP contribution < -0.4 is 9.80 Å². The molecule has 0 saturated carbocycles. The lowest BCUT2D eigenvalue weighted by Gasteiger charge is -2.29. The van der Waals surface area contributed by atoms with E-state index in [0.29, 0.717) is 0 Å². The first-order chi connectivity index (χ1) is 33.8. The van der Waals surface area contributed by atoms with E-state index in [2.05, 4.69) is 279 Å². The molecular formula is C67H52N2. The molecule has 0 bridgehead atoms. The SMILES string of the molecule is C=Cc1cccc(-c2cccc(-c3cccc(N(c4ccccc4)c4ccc5c(c4)C(C)(C)c4cc(N(c6ccccc6)c6cccc(-c7cccc(-c8cccc(C=C)c8)c7)c6)ccc4-5)c3)c2)c1. The maximum atomic E-state index is 3.99. The zero-order valence-corrected chi connectivity index (χ0v) is 39.1. The molecule has 0 aromatic heterocycles. The molecule has 10 aromatic rings. The van der Waals surface area contributed by atoms with E-state index in [9.17, 15) is 0 Å². The van der Waals surface area contributed by atoms with E-state index >= 15 is 0 Å². The third kappa shape index (κ3) is 8.28. The van der Waals surface area contributed by atoms with Gasteiger partial charge in [0, 0.05) is 39.5 Å². The van der Waals surface area contributed by atoms with E-state index in [1.807, 2.05) is 12.2 Å². The second-order valence-corrected chi connectivity index (χ2v) is 18.3. The first-order valence-corrected chi connectivity index (χ1v) is 23.7. The van der Waals surface area contributed by atoms with Gasteiger partial charge in [-0.3, -0.25) is 0 Å². The predicted molar refractivity (Wildman–Crippen MR) is 295 cm³/mol. The van der Waals surface area contributed by atoms with Crippen molar-refractivity contribution in [3.8, 4) is 55.6 Å². The minimum absolute atomic E-state index is 0.280. The van der Waals surface area contributed by atoms with E-state index in [4.69, 9.17) is 0 Å². The maximum absolute atomic E-state index is 3.99. The lowest BCUT2D eigenvalue weighted by Crippen LogP contribution is -2.17. The average Bonchev–Trinajstić information content (AvgIpc) is 3.64. The van der Waals surface area contributed by atoms with Crippen molar-refractivity contribution in [2.75, 3.05) is 9.80 Å². The van der Waals surface area contributed by atoms with Crippen LogP contribution in [0.4, 0.5) is 34.1 Å². The van der Waals surface area contributed by atoms with E-state index < -0.39 is 0 Å². The summed E-state index contributed by atoms with van der Waals surface area (Å²) in [4.78, 5) is 4.79. The van der Waals surface area contributed by atoms with Crippen LogP contribution in [0.5, 0.6) is 0 Å². The molecule has 1 aliphatic rings. The van der Waals surface area contributed by atoms with Crippen molar-refractivity contribution < 1.29 is 0 Å². The Kier molecular flexibility index (Phi) is 11.3. The molecule has 0 unspecified atom stereocenters. The Morgan fingerprint density at radius 2 is 0.594 bits per heavy atom. The number of para-hydroxylation sites is 2. The first-order valence-electron chi connectivity index (χ1n) is 23.7. The van der Waals surface area contributed by atoms with Crippen molar-refractivity contribution in [3.05, 3.63) is 278 Å². The normalized spacial score (nSPS) is 12.1. The Morgan fingerprint density at radius 3 is 0.971 bits per heavy atom. The monoisotopic (exact) mass is 884 g/mol. The number of benzene rings is 10. The van der Waals surface area contributed by atoms with Gasteiger partial charge in [0.25, 0.3) is 0 Å². The lowest BCUT2D eigenvalue weighted by molar-refractivity contribution is 0.660. The highest BCUT2D eigenvalue weighted by Gasteiger charge is 2.37. The van der Waals surface area contributed by atoms with Gasteiger partial charge in [-0.05, 0) is 175 Å². The molecule has 0 aliphatic heterocycles. The van der Waals surface area contributed by atoms with Gasteiger partial charge in [-0.25, -0.2) is 0 Å². The lowest BCUT2D eigenvalue weighted by atomic mass is 9.82. The molecule has 0 radical (unpaired) electrons. The summed E-state index contributed by atoms with van der Waals surface area (Å²) in [7, 11) is 0. The Morgan fingerprint density at radius 1 is 0.290 bits per heavy atom. The molecule has 0 saturated heterocycles. The molecular weight excluding hydrogens is 833 g/mol. The number of hydrogen-bond acceptors (Lipinski definition) is 2. The number of fused-ring (bicyclic) bond motifs is 3. The molecule has 2 nitrogen and oxygen atoms in total. The second kappa shape index (κ2) is 18.2. The van der Waals surface area contributed by atoms with Crippen LogP contribution >= 0.6 is 0 Å². The molecule has 0 heterocycles. The minimum Gasteiger partial charge on any atom is -0.310 e. The van der Waals surface area contributed by atoms with E-state index in [1.54, 1.807) is 0 Å². The van der Waals surface area contributed by atoms with Crippen molar-refractivity contribution in [3.63, 3.8) is 0 Å². The van der Waals surface area contributed by atoms with Gasteiger partial charge in [0.2, 0.25) is 0 Å². The van der Waals surface area contributed by atoms with Crippen LogP contribution in [0, 0.1) is 0 Å². The third-order valence-corrected chi connectivity index (χ3v) is 13.7. The van der Waals surface area contributed by atoms with Gasteiger partial charge in [-0.15, -0.1) is 0 Å². The fourth-order valence-electron chi connectivity index (χ4n) is 10.1. The highest BCUT2D eigenvalue weighted by Crippen LogP contribution is 2.53. The molecule has 10 aromatic carbocycles. The van der Waals surface area contributed by atoms with Gasteiger partial charge in [-0.2, -0.15) is 0 Å². The maximum Gasteiger partial charge on any atom is 0.0467 e. The van der Waals surface area contributed by atoms with Crippen LogP contribution in [0.1, 0.15) is 36.1 Å². The number of rotatable bonds is 12. The highest BCUT2D eigenvalue weighted by atomic mass is 15.1. The first kappa shape index (κ1) is 42.9. The molecule has 11 rings (SSSR count). The Bertz CT molecular complexity index is 3290. The van der Waals surface area contributed by atoms with Crippen LogP contribution in [0.2, 0.25) is 0 Å². The van der Waals surface area contributed by atoms with Crippen molar-refractivity contribution in [2.45, 2.75) is 19.3 Å². The van der Waals surface area contributed by atoms with Gasteiger partial charge >= 0.3 is 0 Å². The minimum atomic E-state index is -0.280. The zero-order chi connectivity index (χ0) is 46.9. The molecule has 0 atom stereocenters. The van der Waals surface area contributed by atoms with E-state index in [-0.39, 0.29) is 5.41 Å². The van der Waals surface area contributed by atoms with Gasteiger partial charge in [0.15, 0.2) is 0 Å². The number of anilines is 6. The third-order valence-electron chi connectivity index (χ3n) is 13.7. The molecule has 330 valence electrons. The zero-order valence-electron chi connectivity index (χ0n) is 39.1. The molecule has 69 heavy (non-hydrogen) atoms. The van der Waals surface area contributed by atoms with Gasteiger partial charge < -0.3 is 9.80 Å². The largest absolute Gasteiger partial charge is 0.310 e. The molecule has 0 N–H and O–H groups in total. The van der Waals surface area contributed by atoms with Crippen LogP contribution in [-0.4, -0.2) is 0 Å². The summed E-state index contributed by atoms with van der Waals surface area (Å²) < 4.78 is 0.